The summed E-state index contributed by atoms with van der Waals surface area (Å²) in [6.45, 7) is 10.3. The van der Waals surface area contributed by atoms with Crippen LogP contribution in [-0.4, -0.2) is 64.7 Å². The van der Waals surface area contributed by atoms with Crippen molar-refractivity contribution >= 4 is 22.1 Å². The molecule has 2 heterocycles. The molecule has 3 aromatic rings. The number of rotatable bonds is 9. The Kier molecular flexibility index (Phi) is 9.47. The molecule has 2 aromatic carbocycles. The Balaban J connectivity index is 1.41. The molecule has 0 aliphatic carbocycles. The van der Waals surface area contributed by atoms with Crippen LogP contribution in [0.15, 0.2) is 64.8 Å². The molecule has 0 spiro atoms. The Labute approximate surface area is 255 Å². The fourth-order valence-electron chi connectivity index (χ4n) is 4.46. The molecule has 15 heteroatoms. The summed E-state index contributed by atoms with van der Waals surface area (Å²) in [5.74, 6) is -0.898. The predicted octanol–water partition coefficient (Wildman–Crippen LogP) is 4.53. The average Bonchev–Trinajstić information content (AvgIpc) is 3.58. The Morgan fingerprint density at radius 1 is 1.11 bits per heavy atom. The maximum Gasteiger partial charge on any atom is 0.511 e. The lowest BCUT2D eigenvalue weighted by molar-refractivity contribution is -0.713. The number of carbonyl (C=O) groups excluding carboxylic acids is 2. The SMILES string of the molecule is Cc1ccc(-c2cc(C)nn2-c2ccc(S(=O)(=O)NC(=O)[C@@H]3CCCN3/[N+]([O-])=N/OC(C)OC(=O)OC(C)(C)C)cc2)cc1. The standard InChI is InChI=1S/C29H36N6O8S/c1-19-9-11-22(12-10-19)26-18-20(2)30-34(26)23-13-15-24(16-14-23)44(39,40)31-27(36)25-8-7-17-33(25)35(38)32-43-21(3)41-28(37)42-29(4,5)6/h9-16,18,21,25H,7-8,17H2,1-6H3,(H,31,36)/b35-32-/t21?,25-/m0/s1. The number of nitrogens with zero attached hydrogens (tertiary/aromatic N) is 5. The summed E-state index contributed by atoms with van der Waals surface area (Å²) >= 11 is 0. The summed E-state index contributed by atoms with van der Waals surface area (Å²) in [6.07, 6.45) is -1.64. The van der Waals surface area contributed by atoms with Crippen molar-refractivity contribution in [2.24, 2.45) is 5.28 Å². The Morgan fingerprint density at radius 3 is 2.41 bits per heavy atom. The molecule has 1 aromatic heterocycles. The van der Waals surface area contributed by atoms with Gasteiger partial charge in [0.15, 0.2) is 6.04 Å². The predicted molar refractivity (Wildman–Crippen MR) is 157 cm³/mol. The molecule has 0 saturated carbocycles. The lowest BCUT2D eigenvalue weighted by atomic mass is 10.1. The van der Waals surface area contributed by atoms with E-state index in [9.17, 15) is 23.2 Å². The van der Waals surface area contributed by atoms with Crippen LogP contribution in [0.4, 0.5) is 4.79 Å². The van der Waals surface area contributed by atoms with Crippen molar-refractivity contribution in [3.8, 4) is 16.9 Å². The maximum absolute atomic E-state index is 13.1. The van der Waals surface area contributed by atoms with Gasteiger partial charge in [0.05, 0.1) is 33.5 Å². The molecule has 0 bridgehead atoms. The van der Waals surface area contributed by atoms with Gasteiger partial charge in [-0.25, -0.2) is 22.6 Å². The number of aryl methyl sites for hydroxylation is 2. The second kappa shape index (κ2) is 12.9. The lowest BCUT2D eigenvalue weighted by Gasteiger charge is -2.21. The summed E-state index contributed by atoms with van der Waals surface area (Å²) in [5, 5.41) is 21.5. The average molecular weight is 629 g/mol. The van der Waals surface area contributed by atoms with Crippen molar-refractivity contribution in [3.05, 3.63) is 71.1 Å². The quantitative estimate of drug-likeness (QED) is 0.117. The van der Waals surface area contributed by atoms with Gasteiger partial charge in [-0.1, -0.05) is 29.8 Å². The number of ether oxygens (including phenoxy) is 2. The first-order valence-corrected chi connectivity index (χ1v) is 15.4. The van der Waals surface area contributed by atoms with Crippen molar-refractivity contribution < 1.29 is 37.3 Å². The highest BCUT2D eigenvalue weighted by atomic mass is 32.2. The van der Waals surface area contributed by atoms with Crippen LogP contribution in [0.1, 0.15) is 51.8 Å². The van der Waals surface area contributed by atoms with E-state index in [0.29, 0.717) is 12.1 Å². The number of nitrogens with one attached hydrogen (secondary N) is 1. The molecule has 1 fully saturated rings. The molecule has 1 aliphatic rings. The van der Waals surface area contributed by atoms with Gasteiger partial charge >= 0.3 is 6.16 Å². The number of amides is 1. The third kappa shape index (κ3) is 8.03. The van der Waals surface area contributed by atoms with Gasteiger partial charge in [0, 0.05) is 12.5 Å². The molecule has 4 rings (SSSR count). The van der Waals surface area contributed by atoms with Crippen LogP contribution in [0.5, 0.6) is 0 Å². The van der Waals surface area contributed by atoms with Crippen molar-refractivity contribution in [2.75, 3.05) is 6.54 Å². The van der Waals surface area contributed by atoms with Gasteiger partial charge in [-0.05, 0) is 77.8 Å². The number of hydrazine groups is 1. The van der Waals surface area contributed by atoms with Crippen LogP contribution in [0.3, 0.4) is 0 Å². The third-order valence-corrected chi connectivity index (χ3v) is 7.83. The van der Waals surface area contributed by atoms with Crippen molar-refractivity contribution in [1.29, 1.82) is 0 Å². The van der Waals surface area contributed by atoms with Crippen molar-refractivity contribution in [3.63, 3.8) is 0 Å². The number of benzene rings is 2. The fraction of sp³-hybridized carbons (Fsp3) is 0.414. The molecule has 1 N–H and O–H groups in total. The minimum absolute atomic E-state index is 0.0331. The van der Waals surface area contributed by atoms with Crippen LogP contribution in [0.25, 0.3) is 16.9 Å². The minimum Gasteiger partial charge on any atom is -0.569 e. The van der Waals surface area contributed by atoms with E-state index in [1.165, 1.54) is 19.1 Å². The zero-order valence-corrected chi connectivity index (χ0v) is 26.2. The van der Waals surface area contributed by atoms with Crippen LogP contribution < -0.4 is 4.72 Å². The topological polar surface area (TPSA) is 167 Å². The number of hydrogen-bond acceptors (Lipinski definition) is 10. The number of aromatic nitrogens is 2. The highest BCUT2D eigenvalue weighted by Gasteiger charge is 2.39. The Hall–Kier alpha value is -4.66. The Morgan fingerprint density at radius 2 is 1.77 bits per heavy atom. The van der Waals surface area contributed by atoms with Gasteiger partial charge < -0.3 is 14.7 Å². The number of hydrogen-bond donors (Lipinski definition) is 1. The molecule has 1 amide bonds. The first-order chi connectivity index (χ1) is 20.6. The van der Waals surface area contributed by atoms with E-state index in [1.807, 2.05) is 44.2 Å². The highest BCUT2D eigenvalue weighted by Crippen LogP contribution is 2.25. The minimum atomic E-state index is -4.27. The molecular weight excluding hydrogens is 592 g/mol. The largest absolute Gasteiger partial charge is 0.569 e. The second-order valence-electron chi connectivity index (χ2n) is 11.3. The number of sulfonamides is 1. The van der Waals surface area contributed by atoms with Crippen LogP contribution in [0, 0.1) is 19.1 Å². The summed E-state index contributed by atoms with van der Waals surface area (Å²) < 4.78 is 39.8. The van der Waals surface area contributed by atoms with Crippen molar-refractivity contribution in [2.45, 2.75) is 77.2 Å². The molecule has 1 saturated heterocycles. The third-order valence-electron chi connectivity index (χ3n) is 6.47. The first kappa shape index (κ1) is 32.3. The maximum atomic E-state index is 13.1. The summed E-state index contributed by atoms with van der Waals surface area (Å²) in [6, 6.07) is 14.7. The summed E-state index contributed by atoms with van der Waals surface area (Å²) in [4.78, 5) is 29.6. The molecule has 1 unspecified atom stereocenters. The van der Waals surface area contributed by atoms with E-state index in [2.05, 4.69) is 15.1 Å². The molecule has 44 heavy (non-hydrogen) atoms. The molecule has 14 nitrogen and oxygen atoms in total. The zero-order valence-electron chi connectivity index (χ0n) is 25.4. The smallest absolute Gasteiger partial charge is 0.511 e. The molecule has 2 atom stereocenters. The monoisotopic (exact) mass is 628 g/mol. The fourth-order valence-corrected chi connectivity index (χ4v) is 5.47. The van der Waals surface area contributed by atoms with E-state index < -0.39 is 40.0 Å². The van der Waals surface area contributed by atoms with E-state index >= 15 is 0 Å². The van der Waals surface area contributed by atoms with Crippen LogP contribution in [0.2, 0.25) is 0 Å². The van der Waals surface area contributed by atoms with Gasteiger partial charge in [0.2, 0.25) is 5.28 Å². The van der Waals surface area contributed by atoms with E-state index in [4.69, 9.17) is 14.3 Å². The second-order valence-corrected chi connectivity index (χ2v) is 13.0. The van der Waals surface area contributed by atoms with Gasteiger partial charge in [0.25, 0.3) is 22.2 Å². The van der Waals surface area contributed by atoms with E-state index in [-0.39, 0.29) is 22.8 Å². The molecular formula is C29H36N6O8S. The van der Waals surface area contributed by atoms with E-state index in [1.54, 1.807) is 37.6 Å². The highest BCUT2D eigenvalue weighted by molar-refractivity contribution is 7.90. The normalized spacial score (nSPS) is 16.4. The molecule has 1 aliphatic heterocycles. The van der Waals surface area contributed by atoms with Crippen LogP contribution in [-0.2, 0) is 29.1 Å². The van der Waals surface area contributed by atoms with Gasteiger partial charge in [-0.3, -0.25) is 9.63 Å². The Bertz CT molecular complexity index is 1630. The summed E-state index contributed by atoms with van der Waals surface area (Å²) in [5.41, 5.74) is 3.56. The van der Waals surface area contributed by atoms with Gasteiger partial charge in [-0.15, -0.1) is 5.01 Å². The lowest BCUT2D eigenvalue weighted by Crippen LogP contribution is -2.47. The molecule has 0 radical (unpaired) electrons. The summed E-state index contributed by atoms with van der Waals surface area (Å²) in [7, 11) is -4.27. The van der Waals surface area contributed by atoms with Gasteiger partial charge in [-0.2, -0.15) is 5.10 Å². The number of carbonyl (C=O) groups is 2. The van der Waals surface area contributed by atoms with Crippen molar-refractivity contribution in [1.82, 2.24) is 19.5 Å². The zero-order chi connectivity index (χ0) is 32.2. The molecule has 236 valence electrons. The van der Waals surface area contributed by atoms with Gasteiger partial charge in [0.1, 0.15) is 5.60 Å². The first-order valence-electron chi connectivity index (χ1n) is 13.9. The van der Waals surface area contributed by atoms with Crippen LogP contribution >= 0.6 is 0 Å². The van der Waals surface area contributed by atoms with E-state index in [0.717, 1.165) is 27.5 Å².